The first-order chi connectivity index (χ1) is 19.1. The predicted molar refractivity (Wildman–Crippen MR) is 135 cm³/mol. The summed E-state index contributed by atoms with van der Waals surface area (Å²) in [7, 11) is 1.32. The molecule has 0 aliphatic carbocycles. The van der Waals surface area contributed by atoms with E-state index in [1.165, 1.54) is 19.4 Å². The lowest BCUT2D eigenvalue weighted by Gasteiger charge is -2.08. The molecule has 0 saturated carbocycles. The van der Waals surface area contributed by atoms with Crippen LogP contribution in [0.25, 0.3) is 11.6 Å². The van der Waals surface area contributed by atoms with Crippen molar-refractivity contribution in [1.82, 2.24) is 29.1 Å². The monoisotopic (exact) mass is 554 g/mol. The van der Waals surface area contributed by atoms with Crippen molar-refractivity contribution in [2.75, 3.05) is 7.11 Å². The van der Waals surface area contributed by atoms with E-state index in [0.29, 0.717) is 29.5 Å². The van der Waals surface area contributed by atoms with Crippen molar-refractivity contribution in [3.63, 3.8) is 0 Å². The zero-order valence-electron chi connectivity index (χ0n) is 21.8. The summed E-state index contributed by atoms with van der Waals surface area (Å²) in [6.45, 7) is 3.94. The highest BCUT2D eigenvalue weighted by molar-refractivity contribution is 5.99. The molecule has 0 fully saturated rings. The molecule has 0 radical (unpaired) electrons. The fraction of sp³-hybridized carbons (Fsp3) is 0.308. The van der Waals surface area contributed by atoms with Crippen molar-refractivity contribution >= 4 is 11.8 Å². The van der Waals surface area contributed by atoms with E-state index >= 15 is 0 Å². The van der Waals surface area contributed by atoms with Crippen molar-refractivity contribution in [3.8, 4) is 23.8 Å². The van der Waals surface area contributed by atoms with Crippen molar-refractivity contribution in [2.45, 2.75) is 45.7 Å². The van der Waals surface area contributed by atoms with Gasteiger partial charge in [0.25, 0.3) is 5.78 Å². The van der Waals surface area contributed by atoms with Crippen molar-refractivity contribution in [2.24, 2.45) is 0 Å². The van der Waals surface area contributed by atoms with Gasteiger partial charge in [-0.05, 0) is 37.1 Å². The van der Waals surface area contributed by atoms with E-state index in [9.17, 15) is 22.8 Å². The van der Waals surface area contributed by atoms with Crippen molar-refractivity contribution in [1.29, 1.82) is 10.5 Å². The number of alkyl halides is 3. The first-order valence-corrected chi connectivity index (χ1v) is 12.1. The van der Waals surface area contributed by atoms with Gasteiger partial charge in [0.1, 0.15) is 29.5 Å². The molecule has 4 heterocycles. The zero-order valence-corrected chi connectivity index (χ0v) is 21.8. The molecule has 0 unspecified atom stereocenters. The van der Waals surface area contributed by atoms with Crippen molar-refractivity contribution < 1.29 is 27.5 Å². The Morgan fingerprint density at radius 1 is 0.900 bits per heavy atom. The molecule has 4 aromatic rings. The molecule has 0 amide bonds. The Hall–Kier alpha value is -5.11. The number of carbonyl (C=O) groups excluding carboxylic acids is 2. The molecule has 0 aromatic carbocycles. The Bertz CT molecular complexity index is 1580. The molecule has 0 aliphatic rings. The van der Waals surface area contributed by atoms with Gasteiger partial charge in [-0.1, -0.05) is 13.8 Å². The van der Waals surface area contributed by atoms with E-state index in [1.807, 2.05) is 19.9 Å². The van der Waals surface area contributed by atoms with Crippen LogP contribution in [0.1, 0.15) is 70.7 Å². The number of Topliss-reactive ketones (excluding diaryl/α,β-unsaturated/α-hetero) is 1. The van der Waals surface area contributed by atoms with E-state index in [1.54, 1.807) is 22.9 Å². The summed E-state index contributed by atoms with van der Waals surface area (Å²) in [6.07, 6.45) is 0.962. The molecule has 0 atom stereocenters. The second-order valence-electron chi connectivity index (χ2n) is 8.33. The number of aryl methyl sites for hydroxylation is 2. The van der Waals surface area contributed by atoms with E-state index in [4.69, 9.17) is 15.3 Å². The number of imidazole rings is 2. The largest absolute Gasteiger partial charge is 0.464 e. The molecular formula is C26H25F3N8O3. The van der Waals surface area contributed by atoms with Gasteiger partial charge in [-0.15, -0.1) is 0 Å². The summed E-state index contributed by atoms with van der Waals surface area (Å²) in [4.78, 5) is 37.2. The molecule has 2 N–H and O–H groups in total. The number of esters is 1. The average molecular weight is 555 g/mol. The molecule has 0 saturated heterocycles. The van der Waals surface area contributed by atoms with Gasteiger partial charge in [-0.3, -0.25) is 13.9 Å². The van der Waals surface area contributed by atoms with E-state index in [0.717, 1.165) is 35.7 Å². The van der Waals surface area contributed by atoms with Crippen molar-refractivity contribution in [3.05, 3.63) is 71.1 Å². The number of H-pyrrole nitrogens is 2. The molecule has 11 nitrogen and oxygen atoms in total. The SMILES string of the molecule is CCCc1nc(-n2cccc2C(=O)C(F)(F)F)c(C#N)[nH]1.CCCc1nc(-n2cccc2C(=O)OC)c(C#N)[nH]1. The molecule has 0 bridgehead atoms. The molecule has 4 rings (SSSR count). The van der Waals surface area contributed by atoms with Crippen LogP contribution in [0.5, 0.6) is 0 Å². The zero-order chi connectivity index (χ0) is 29.4. The Morgan fingerprint density at radius 3 is 1.75 bits per heavy atom. The van der Waals surface area contributed by atoms with E-state index in [2.05, 4.69) is 26.0 Å². The van der Waals surface area contributed by atoms with Crippen LogP contribution in [0.3, 0.4) is 0 Å². The predicted octanol–water partition coefficient (Wildman–Crippen LogP) is 4.58. The Kier molecular flexibility index (Phi) is 9.29. The van der Waals surface area contributed by atoms with Gasteiger partial charge in [0.05, 0.1) is 12.8 Å². The summed E-state index contributed by atoms with van der Waals surface area (Å²) in [5.41, 5.74) is 0.123. The molecule has 40 heavy (non-hydrogen) atoms. The van der Waals surface area contributed by atoms with Crippen LogP contribution in [0.2, 0.25) is 0 Å². The normalized spacial score (nSPS) is 10.8. The summed E-state index contributed by atoms with van der Waals surface area (Å²) in [5.74, 6) is -0.790. The number of hydrogen-bond donors (Lipinski definition) is 2. The molecular weight excluding hydrogens is 529 g/mol. The number of aromatic amines is 2. The summed E-state index contributed by atoms with van der Waals surface area (Å²) >= 11 is 0. The third-order valence-corrected chi connectivity index (χ3v) is 5.50. The van der Waals surface area contributed by atoms with Gasteiger partial charge < -0.3 is 14.7 Å². The molecule has 14 heteroatoms. The number of nitriles is 2. The number of hydrogen-bond acceptors (Lipinski definition) is 7. The van der Waals surface area contributed by atoms with Gasteiger partial charge in [-0.25, -0.2) is 14.8 Å². The fourth-order valence-electron chi connectivity index (χ4n) is 3.77. The second-order valence-corrected chi connectivity index (χ2v) is 8.33. The Morgan fingerprint density at radius 2 is 1.35 bits per heavy atom. The number of nitrogens with one attached hydrogen (secondary N) is 2. The number of rotatable bonds is 8. The van der Waals surface area contributed by atoms with Crippen LogP contribution < -0.4 is 0 Å². The highest BCUT2D eigenvalue weighted by Crippen LogP contribution is 2.24. The maximum absolute atomic E-state index is 12.6. The maximum atomic E-state index is 12.6. The van der Waals surface area contributed by atoms with Gasteiger partial charge in [0.2, 0.25) is 0 Å². The highest BCUT2D eigenvalue weighted by atomic mass is 19.4. The smallest absolute Gasteiger partial charge is 0.456 e. The summed E-state index contributed by atoms with van der Waals surface area (Å²) in [5, 5.41) is 18.2. The highest BCUT2D eigenvalue weighted by Gasteiger charge is 2.41. The lowest BCUT2D eigenvalue weighted by molar-refractivity contribution is -0.0889. The quantitative estimate of drug-likeness (QED) is 0.238. The first kappa shape index (κ1) is 29.4. The standard InChI is InChI=1S/C13H11F3N4O.C13H14N4O2/c1-2-4-10-18-8(7-17)12(19-10)20-6-3-5-9(20)11(21)13(14,15)16;1-3-5-11-15-9(8-14)12(16-11)17-7-4-6-10(17)13(18)19-2/h3,5-6H,2,4H2,1H3,(H,18,19);4,6-7H,3,5H2,1-2H3,(H,15,16). The van der Waals surface area contributed by atoms with Crippen LogP contribution in [0.15, 0.2) is 36.7 Å². The van der Waals surface area contributed by atoms with Crippen LogP contribution >= 0.6 is 0 Å². The minimum Gasteiger partial charge on any atom is -0.464 e. The maximum Gasteiger partial charge on any atom is 0.456 e. The molecule has 4 aromatic heterocycles. The number of ether oxygens (including phenoxy) is 1. The van der Waals surface area contributed by atoms with Crippen LogP contribution in [-0.4, -0.2) is 54.1 Å². The summed E-state index contributed by atoms with van der Waals surface area (Å²) < 4.78 is 44.9. The van der Waals surface area contributed by atoms with Gasteiger partial charge in [0.15, 0.2) is 23.0 Å². The minimum atomic E-state index is -4.98. The number of halogens is 3. The number of nitrogens with zero attached hydrogens (tertiary/aromatic N) is 6. The van der Waals surface area contributed by atoms with Crippen LogP contribution in [0, 0.1) is 22.7 Å². The van der Waals surface area contributed by atoms with Crippen LogP contribution in [-0.2, 0) is 17.6 Å². The van der Waals surface area contributed by atoms with Gasteiger partial charge >= 0.3 is 12.1 Å². The summed E-state index contributed by atoms with van der Waals surface area (Å²) in [6, 6.07) is 9.57. The third kappa shape index (κ3) is 6.30. The number of aromatic nitrogens is 6. The Labute approximate surface area is 226 Å². The van der Waals surface area contributed by atoms with Crippen LogP contribution in [0.4, 0.5) is 13.2 Å². The lowest BCUT2D eigenvalue weighted by atomic mass is 10.2. The molecule has 208 valence electrons. The van der Waals surface area contributed by atoms with Gasteiger partial charge in [0, 0.05) is 25.2 Å². The average Bonchev–Trinajstić information content (AvgIpc) is 3.73. The minimum absolute atomic E-state index is 0.00134. The number of ketones is 1. The number of carbonyl (C=O) groups is 2. The van der Waals surface area contributed by atoms with E-state index in [-0.39, 0.29) is 11.5 Å². The lowest BCUT2D eigenvalue weighted by Crippen LogP contribution is -2.25. The first-order valence-electron chi connectivity index (χ1n) is 12.1. The second kappa shape index (κ2) is 12.6. The Balaban J connectivity index is 0.000000222. The number of methoxy groups -OCH3 is 1. The fourth-order valence-corrected chi connectivity index (χ4v) is 3.77. The van der Waals surface area contributed by atoms with E-state index < -0.39 is 23.6 Å². The molecule has 0 spiro atoms. The molecule has 0 aliphatic heterocycles. The van der Waals surface area contributed by atoms with Gasteiger partial charge in [-0.2, -0.15) is 23.7 Å². The third-order valence-electron chi connectivity index (χ3n) is 5.50. The topological polar surface area (TPSA) is 158 Å².